The fourth-order valence-electron chi connectivity index (χ4n) is 3.36. The molecule has 1 aliphatic heterocycles. The summed E-state index contributed by atoms with van der Waals surface area (Å²) in [7, 11) is 0. The summed E-state index contributed by atoms with van der Waals surface area (Å²) in [5, 5.41) is 3.51. The molecule has 2 rings (SSSR count). The van der Waals surface area contributed by atoms with Crippen LogP contribution in [-0.4, -0.2) is 48.2 Å². The van der Waals surface area contributed by atoms with Crippen LogP contribution in [0.25, 0.3) is 0 Å². The highest BCUT2D eigenvalue weighted by Gasteiger charge is 2.40. The van der Waals surface area contributed by atoms with Crippen LogP contribution in [0.1, 0.15) is 59.8 Å². The SMILES string of the molecule is CCOC(=O)C(C)(CCN1CCC(C)CC1C)NC1CC1. The van der Waals surface area contributed by atoms with Crippen LogP contribution < -0.4 is 5.32 Å². The lowest BCUT2D eigenvalue weighted by atomic mass is 9.91. The second-order valence-electron chi connectivity index (χ2n) is 7.24. The van der Waals surface area contributed by atoms with Crippen LogP contribution in [0.5, 0.6) is 0 Å². The van der Waals surface area contributed by atoms with E-state index in [-0.39, 0.29) is 5.97 Å². The van der Waals surface area contributed by atoms with Gasteiger partial charge in [0.15, 0.2) is 0 Å². The monoisotopic (exact) mass is 296 g/mol. The van der Waals surface area contributed by atoms with Gasteiger partial charge in [0.2, 0.25) is 0 Å². The number of carbonyl (C=O) groups excluding carboxylic acids is 1. The van der Waals surface area contributed by atoms with Gasteiger partial charge in [0.05, 0.1) is 6.61 Å². The Bertz CT molecular complexity index is 357. The van der Waals surface area contributed by atoms with Crippen molar-refractivity contribution in [3.63, 3.8) is 0 Å². The number of nitrogens with zero attached hydrogens (tertiary/aromatic N) is 1. The molecule has 3 atom stereocenters. The van der Waals surface area contributed by atoms with E-state index in [0.29, 0.717) is 18.7 Å². The predicted octanol–water partition coefficient (Wildman–Crippen LogP) is 2.57. The quantitative estimate of drug-likeness (QED) is 0.733. The Morgan fingerprint density at radius 3 is 2.62 bits per heavy atom. The first kappa shape index (κ1) is 16.8. The number of carbonyl (C=O) groups is 1. The van der Waals surface area contributed by atoms with Crippen LogP contribution >= 0.6 is 0 Å². The molecule has 1 heterocycles. The van der Waals surface area contributed by atoms with Gasteiger partial charge in [-0.25, -0.2) is 0 Å². The molecule has 4 nitrogen and oxygen atoms in total. The number of ether oxygens (including phenoxy) is 1. The number of likely N-dealkylation sites (tertiary alicyclic amines) is 1. The first-order valence-corrected chi connectivity index (χ1v) is 8.63. The molecular weight excluding hydrogens is 264 g/mol. The molecule has 1 saturated heterocycles. The minimum Gasteiger partial charge on any atom is -0.465 e. The summed E-state index contributed by atoms with van der Waals surface area (Å²) in [4.78, 5) is 14.9. The highest BCUT2D eigenvalue weighted by atomic mass is 16.5. The van der Waals surface area contributed by atoms with Crippen LogP contribution in [0.4, 0.5) is 0 Å². The van der Waals surface area contributed by atoms with Gasteiger partial charge in [-0.1, -0.05) is 6.92 Å². The third-order valence-corrected chi connectivity index (χ3v) is 5.00. The predicted molar refractivity (Wildman–Crippen MR) is 85.2 cm³/mol. The van der Waals surface area contributed by atoms with E-state index in [0.717, 1.165) is 25.4 Å². The number of hydrogen-bond donors (Lipinski definition) is 1. The van der Waals surface area contributed by atoms with Crippen LogP contribution in [-0.2, 0) is 9.53 Å². The number of nitrogens with one attached hydrogen (secondary N) is 1. The Morgan fingerprint density at radius 2 is 2.05 bits per heavy atom. The van der Waals surface area contributed by atoms with Gasteiger partial charge in [0.25, 0.3) is 0 Å². The Balaban J connectivity index is 1.90. The van der Waals surface area contributed by atoms with Gasteiger partial charge in [0.1, 0.15) is 5.54 Å². The standard InChI is InChI=1S/C17H32N2O2/c1-5-21-16(20)17(4,18-15-6-7-15)9-11-19-10-8-13(2)12-14(19)3/h13-15,18H,5-12H2,1-4H3. The summed E-state index contributed by atoms with van der Waals surface area (Å²) in [6, 6.07) is 1.14. The Kier molecular flexibility index (Phi) is 5.67. The zero-order valence-corrected chi connectivity index (χ0v) is 14.2. The van der Waals surface area contributed by atoms with Crippen LogP contribution in [0.3, 0.4) is 0 Å². The molecule has 1 saturated carbocycles. The average molecular weight is 296 g/mol. The van der Waals surface area contributed by atoms with Gasteiger partial charge in [-0.05, 0) is 65.3 Å². The van der Waals surface area contributed by atoms with Crippen molar-refractivity contribution in [3.05, 3.63) is 0 Å². The molecule has 0 aromatic carbocycles. The van der Waals surface area contributed by atoms with E-state index in [1.165, 1.54) is 25.7 Å². The third kappa shape index (κ3) is 4.68. The van der Waals surface area contributed by atoms with Crippen molar-refractivity contribution < 1.29 is 9.53 Å². The molecule has 0 spiro atoms. The number of esters is 1. The molecule has 3 unspecified atom stereocenters. The smallest absolute Gasteiger partial charge is 0.326 e. The van der Waals surface area contributed by atoms with Crippen LogP contribution in [0.2, 0.25) is 0 Å². The average Bonchev–Trinajstić information content (AvgIpc) is 3.22. The molecule has 0 bridgehead atoms. The minimum absolute atomic E-state index is 0.0880. The molecule has 0 radical (unpaired) electrons. The van der Waals surface area contributed by atoms with Crippen molar-refractivity contribution in [1.82, 2.24) is 10.2 Å². The summed E-state index contributed by atoms with van der Waals surface area (Å²) in [6.45, 7) is 11.1. The van der Waals surface area contributed by atoms with Crippen molar-refractivity contribution in [2.24, 2.45) is 5.92 Å². The molecule has 1 N–H and O–H groups in total. The van der Waals surface area contributed by atoms with E-state index in [9.17, 15) is 4.79 Å². The molecule has 0 aromatic heterocycles. The zero-order valence-electron chi connectivity index (χ0n) is 14.2. The number of rotatable bonds is 7. The maximum atomic E-state index is 12.3. The topological polar surface area (TPSA) is 41.6 Å². The molecule has 1 aliphatic carbocycles. The third-order valence-electron chi connectivity index (χ3n) is 5.00. The Hall–Kier alpha value is -0.610. The molecular formula is C17H32N2O2. The van der Waals surface area contributed by atoms with Crippen LogP contribution in [0, 0.1) is 5.92 Å². The van der Waals surface area contributed by atoms with Gasteiger partial charge < -0.3 is 9.64 Å². The summed E-state index contributed by atoms with van der Waals surface area (Å²) in [6.07, 6.45) is 5.75. The second-order valence-corrected chi connectivity index (χ2v) is 7.24. The van der Waals surface area contributed by atoms with Crippen molar-refractivity contribution in [2.75, 3.05) is 19.7 Å². The first-order chi connectivity index (χ1) is 9.94. The molecule has 2 aliphatic rings. The lowest BCUT2D eigenvalue weighted by molar-refractivity contribution is -0.151. The summed E-state index contributed by atoms with van der Waals surface area (Å²) < 4.78 is 5.30. The van der Waals surface area contributed by atoms with E-state index < -0.39 is 5.54 Å². The molecule has 0 amide bonds. The highest BCUT2D eigenvalue weighted by molar-refractivity contribution is 5.80. The normalized spacial score (nSPS) is 29.9. The van der Waals surface area contributed by atoms with Gasteiger partial charge in [-0.3, -0.25) is 10.1 Å². The fourth-order valence-corrected chi connectivity index (χ4v) is 3.36. The number of piperidine rings is 1. The van der Waals surface area contributed by atoms with Crippen LogP contribution in [0.15, 0.2) is 0 Å². The molecule has 2 fully saturated rings. The lowest BCUT2D eigenvalue weighted by Gasteiger charge is -2.38. The summed E-state index contributed by atoms with van der Waals surface area (Å²) in [5.74, 6) is 0.743. The molecule has 122 valence electrons. The van der Waals surface area contributed by atoms with Crippen molar-refractivity contribution in [2.45, 2.75) is 77.4 Å². The first-order valence-electron chi connectivity index (χ1n) is 8.63. The minimum atomic E-state index is -0.528. The summed E-state index contributed by atoms with van der Waals surface area (Å²) in [5.41, 5.74) is -0.528. The molecule has 4 heteroatoms. The van der Waals surface area contributed by atoms with Gasteiger partial charge in [-0.2, -0.15) is 0 Å². The fraction of sp³-hybridized carbons (Fsp3) is 0.941. The van der Waals surface area contributed by atoms with Crippen molar-refractivity contribution >= 4 is 5.97 Å². The van der Waals surface area contributed by atoms with E-state index >= 15 is 0 Å². The molecule has 21 heavy (non-hydrogen) atoms. The highest BCUT2D eigenvalue weighted by Crippen LogP contribution is 2.27. The maximum Gasteiger partial charge on any atom is 0.326 e. The largest absolute Gasteiger partial charge is 0.465 e. The molecule has 0 aromatic rings. The maximum absolute atomic E-state index is 12.3. The van der Waals surface area contributed by atoms with E-state index in [1.807, 2.05) is 13.8 Å². The Labute approximate surface area is 129 Å². The van der Waals surface area contributed by atoms with E-state index in [2.05, 4.69) is 24.1 Å². The van der Waals surface area contributed by atoms with Gasteiger partial charge >= 0.3 is 5.97 Å². The van der Waals surface area contributed by atoms with Gasteiger partial charge in [0, 0.05) is 18.6 Å². The second kappa shape index (κ2) is 7.10. The lowest BCUT2D eigenvalue weighted by Crippen LogP contribution is -2.54. The van der Waals surface area contributed by atoms with Gasteiger partial charge in [-0.15, -0.1) is 0 Å². The number of hydrogen-bond acceptors (Lipinski definition) is 4. The van der Waals surface area contributed by atoms with E-state index in [4.69, 9.17) is 4.74 Å². The van der Waals surface area contributed by atoms with E-state index in [1.54, 1.807) is 0 Å². The van der Waals surface area contributed by atoms with Crippen molar-refractivity contribution in [3.8, 4) is 0 Å². The summed E-state index contributed by atoms with van der Waals surface area (Å²) >= 11 is 0. The zero-order chi connectivity index (χ0) is 15.5. The Morgan fingerprint density at radius 1 is 1.33 bits per heavy atom. The van der Waals surface area contributed by atoms with Crippen molar-refractivity contribution in [1.29, 1.82) is 0 Å².